The number of aromatic nitrogens is 1. The predicted molar refractivity (Wildman–Crippen MR) is 186 cm³/mol. The maximum absolute atomic E-state index is 9.59. The van der Waals surface area contributed by atoms with E-state index in [9.17, 15) is 5.11 Å². The third-order valence-corrected chi connectivity index (χ3v) is 9.31. The summed E-state index contributed by atoms with van der Waals surface area (Å²) in [5, 5.41) is 10.2. The fourth-order valence-electron chi connectivity index (χ4n) is 5.87. The van der Waals surface area contributed by atoms with Gasteiger partial charge in [0.1, 0.15) is 5.69 Å². The molecule has 0 amide bonds. The van der Waals surface area contributed by atoms with E-state index in [0.29, 0.717) is 23.9 Å². The molecule has 7 heteroatoms. The molecule has 6 nitrogen and oxygen atoms in total. The van der Waals surface area contributed by atoms with Gasteiger partial charge in [0.25, 0.3) is 5.22 Å². The Labute approximate surface area is 279 Å². The summed E-state index contributed by atoms with van der Waals surface area (Å²) in [5.74, 6) is 1.38. The number of hydrogen-bond donors (Lipinski definition) is 2. The van der Waals surface area contributed by atoms with Gasteiger partial charge in [0.15, 0.2) is 12.1 Å². The Balaban J connectivity index is 1.16. The first-order valence-corrected chi connectivity index (χ1v) is 16.8. The van der Waals surface area contributed by atoms with E-state index in [0.717, 1.165) is 56.0 Å². The minimum Gasteiger partial charge on any atom is -0.431 e. The summed E-state index contributed by atoms with van der Waals surface area (Å²) in [6.45, 7) is 0.490. The Morgan fingerprint density at radius 3 is 2.09 bits per heavy atom. The van der Waals surface area contributed by atoms with E-state index in [1.807, 2.05) is 91.0 Å². The zero-order chi connectivity index (χ0) is 32.0. The van der Waals surface area contributed by atoms with Crippen LogP contribution in [0.3, 0.4) is 0 Å². The van der Waals surface area contributed by atoms with E-state index < -0.39 is 6.29 Å². The molecule has 6 aromatic rings. The van der Waals surface area contributed by atoms with Crippen molar-refractivity contribution in [3.63, 3.8) is 0 Å². The summed E-state index contributed by atoms with van der Waals surface area (Å²) < 4.78 is 19.7. The molecule has 2 heterocycles. The van der Waals surface area contributed by atoms with Crippen molar-refractivity contribution in [2.75, 3.05) is 5.75 Å². The number of oxazole rings is 1. The first-order valence-electron chi connectivity index (χ1n) is 15.8. The number of benzene rings is 5. The second-order valence-corrected chi connectivity index (χ2v) is 12.6. The molecule has 3 atom stereocenters. The molecule has 47 heavy (non-hydrogen) atoms. The standard InChI is InChI=1S/C40H36N2O4S/c41-24-28-9-7-14-32(21-28)33-15-8-16-34(22-33)39-44-35(23-36(45-39)29-19-17-27(25-43)18-20-29)26-47-40-42-37(30-10-3-1-4-11-30)38(46-40)31-12-5-2-6-13-31/h1-22,35-36,39,43H,23-26,41H2/t35-,36+,39+/m1/s1. The highest BCUT2D eigenvalue weighted by Gasteiger charge is 2.33. The molecule has 0 radical (unpaired) electrons. The smallest absolute Gasteiger partial charge is 0.256 e. The lowest BCUT2D eigenvalue weighted by atomic mass is 9.99. The maximum atomic E-state index is 9.59. The van der Waals surface area contributed by atoms with Gasteiger partial charge >= 0.3 is 0 Å². The third-order valence-electron chi connectivity index (χ3n) is 8.35. The van der Waals surface area contributed by atoms with Crippen molar-refractivity contribution in [1.29, 1.82) is 0 Å². The van der Waals surface area contributed by atoms with E-state index in [1.54, 1.807) is 11.8 Å². The van der Waals surface area contributed by atoms with Crippen molar-refractivity contribution >= 4 is 11.8 Å². The summed E-state index contributed by atoms with van der Waals surface area (Å²) in [5.41, 5.74) is 14.8. The first kappa shape index (κ1) is 31.1. The van der Waals surface area contributed by atoms with Gasteiger partial charge in [-0.25, -0.2) is 4.98 Å². The van der Waals surface area contributed by atoms with Gasteiger partial charge in [0, 0.05) is 35.4 Å². The zero-order valence-corrected chi connectivity index (χ0v) is 26.7. The topological polar surface area (TPSA) is 90.7 Å². The van der Waals surface area contributed by atoms with E-state index in [1.165, 1.54) is 0 Å². The van der Waals surface area contributed by atoms with Crippen LogP contribution in [-0.4, -0.2) is 21.9 Å². The second kappa shape index (κ2) is 14.5. The number of nitrogens with zero attached hydrogens (tertiary/aromatic N) is 1. The van der Waals surface area contributed by atoms with Crippen molar-refractivity contribution in [2.45, 2.75) is 43.3 Å². The van der Waals surface area contributed by atoms with E-state index in [-0.39, 0.29) is 18.8 Å². The highest BCUT2D eigenvalue weighted by atomic mass is 32.2. The highest BCUT2D eigenvalue weighted by Crippen LogP contribution is 2.41. The summed E-state index contributed by atoms with van der Waals surface area (Å²) in [7, 11) is 0. The van der Waals surface area contributed by atoms with Crippen LogP contribution in [0.2, 0.25) is 0 Å². The summed E-state index contributed by atoms with van der Waals surface area (Å²) in [6, 6.07) is 44.8. The van der Waals surface area contributed by atoms with Crippen LogP contribution in [-0.2, 0) is 22.6 Å². The summed E-state index contributed by atoms with van der Waals surface area (Å²) in [4.78, 5) is 4.95. The highest BCUT2D eigenvalue weighted by molar-refractivity contribution is 7.99. The first-order chi connectivity index (χ1) is 23.2. The Bertz CT molecular complexity index is 1850. The van der Waals surface area contributed by atoms with Gasteiger partial charge < -0.3 is 24.7 Å². The van der Waals surface area contributed by atoms with E-state index in [2.05, 4.69) is 42.5 Å². The lowest BCUT2D eigenvalue weighted by Crippen LogP contribution is -2.31. The van der Waals surface area contributed by atoms with Crippen LogP contribution < -0.4 is 5.73 Å². The van der Waals surface area contributed by atoms with Crippen molar-refractivity contribution in [2.24, 2.45) is 5.73 Å². The van der Waals surface area contributed by atoms with Crippen LogP contribution in [0.5, 0.6) is 0 Å². The molecule has 1 fully saturated rings. The van der Waals surface area contributed by atoms with Gasteiger partial charge in [-0.2, -0.15) is 0 Å². The van der Waals surface area contributed by atoms with Crippen LogP contribution >= 0.6 is 11.8 Å². The fourth-order valence-corrected chi connectivity index (χ4v) is 6.71. The van der Waals surface area contributed by atoms with Crippen LogP contribution in [0.15, 0.2) is 143 Å². The Morgan fingerprint density at radius 1 is 0.681 bits per heavy atom. The van der Waals surface area contributed by atoms with Crippen molar-refractivity contribution < 1.29 is 19.0 Å². The fraction of sp³-hybridized carbons (Fsp3) is 0.175. The van der Waals surface area contributed by atoms with Gasteiger partial charge in [-0.15, -0.1) is 0 Å². The average Bonchev–Trinajstić information content (AvgIpc) is 3.59. The minimum absolute atomic E-state index is 0.00103. The number of hydrogen-bond acceptors (Lipinski definition) is 7. The number of rotatable bonds is 10. The molecule has 1 aliphatic heterocycles. The van der Waals surface area contributed by atoms with Crippen LogP contribution in [0.1, 0.15) is 41.1 Å². The molecular weight excluding hydrogens is 605 g/mol. The van der Waals surface area contributed by atoms with E-state index >= 15 is 0 Å². The molecule has 3 N–H and O–H groups in total. The molecule has 0 spiro atoms. The van der Waals surface area contributed by atoms with Crippen LogP contribution in [0.25, 0.3) is 33.7 Å². The molecule has 1 saturated heterocycles. The molecule has 5 aromatic carbocycles. The van der Waals surface area contributed by atoms with Gasteiger partial charge in [-0.05, 0) is 39.9 Å². The normalized spacial score (nSPS) is 17.9. The van der Waals surface area contributed by atoms with E-state index in [4.69, 9.17) is 24.6 Å². The Hall–Kier alpha value is -4.50. The number of ether oxygens (including phenoxy) is 2. The molecule has 0 aliphatic carbocycles. The SMILES string of the molecule is NCc1cccc(-c2cccc([C@H]3O[C@@H](CSc4nc(-c5ccccc5)c(-c5ccccc5)o4)C[C@@H](c4ccc(CO)cc4)O3)c2)c1. The summed E-state index contributed by atoms with van der Waals surface area (Å²) in [6.07, 6.45) is -0.241. The monoisotopic (exact) mass is 640 g/mol. The lowest BCUT2D eigenvalue weighted by Gasteiger charge is -2.36. The maximum Gasteiger partial charge on any atom is 0.256 e. The molecule has 0 unspecified atom stereocenters. The van der Waals surface area contributed by atoms with Gasteiger partial charge in [-0.1, -0.05) is 133 Å². The molecular formula is C40H36N2O4S. The van der Waals surface area contributed by atoms with Crippen molar-refractivity contribution in [3.8, 4) is 33.7 Å². The third kappa shape index (κ3) is 7.25. The zero-order valence-electron chi connectivity index (χ0n) is 25.9. The molecule has 1 aliphatic rings. The molecule has 0 bridgehead atoms. The number of aliphatic hydroxyl groups excluding tert-OH is 1. The second-order valence-electron chi connectivity index (χ2n) is 11.6. The van der Waals surface area contributed by atoms with Gasteiger partial charge in [0.05, 0.1) is 18.8 Å². The van der Waals surface area contributed by atoms with Gasteiger partial charge in [0.2, 0.25) is 0 Å². The molecule has 0 saturated carbocycles. The van der Waals surface area contributed by atoms with Crippen LogP contribution in [0.4, 0.5) is 0 Å². The van der Waals surface area contributed by atoms with Crippen LogP contribution in [0, 0.1) is 0 Å². The largest absolute Gasteiger partial charge is 0.431 e. The quantitative estimate of drug-likeness (QED) is 0.145. The molecule has 1 aromatic heterocycles. The Morgan fingerprint density at radius 2 is 1.36 bits per heavy atom. The van der Waals surface area contributed by atoms with Crippen molar-refractivity contribution in [1.82, 2.24) is 4.98 Å². The minimum atomic E-state index is -0.571. The molecule has 7 rings (SSSR count). The molecule has 236 valence electrons. The number of nitrogens with two attached hydrogens (primary N) is 1. The predicted octanol–water partition coefficient (Wildman–Crippen LogP) is 8.96. The summed E-state index contributed by atoms with van der Waals surface area (Å²) >= 11 is 1.55. The lowest BCUT2D eigenvalue weighted by molar-refractivity contribution is -0.245. The van der Waals surface area contributed by atoms with Crippen molar-refractivity contribution in [3.05, 3.63) is 156 Å². The van der Waals surface area contributed by atoms with Gasteiger partial charge in [-0.3, -0.25) is 0 Å². The number of thioether (sulfide) groups is 1. The average molecular weight is 641 g/mol. The Kier molecular flexibility index (Phi) is 9.60. The number of aliphatic hydroxyl groups is 1.